The van der Waals surface area contributed by atoms with Crippen molar-refractivity contribution < 1.29 is 19.4 Å². The minimum absolute atomic E-state index is 0.0113. The van der Waals surface area contributed by atoms with Crippen molar-refractivity contribution in [3.63, 3.8) is 0 Å². The molecule has 28 heavy (non-hydrogen) atoms. The van der Waals surface area contributed by atoms with E-state index in [1.807, 2.05) is 30.3 Å². The zero-order valence-electron chi connectivity index (χ0n) is 14.8. The Kier molecular flexibility index (Phi) is 4.34. The van der Waals surface area contributed by atoms with Crippen LogP contribution in [0.1, 0.15) is 6.42 Å². The minimum atomic E-state index is -1.85. The number of carboxylic acid groups (broad SMARTS) is 1. The van der Waals surface area contributed by atoms with Crippen molar-refractivity contribution in [2.24, 2.45) is 0 Å². The number of halogens is 1. The molecule has 146 valence electrons. The number of piperidine rings is 1. The topological polar surface area (TPSA) is 113 Å². The summed E-state index contributed by atoms with van der Waals surface area (Å²) in [6.45, 7) is -0.773. The highest BCUT2D eigenvalue weighted by molar-refractivity contribution is 5.74. The molecule has 2 N–H and O–H groups in total. The van der Waals surface area contributed by atoms with Gasteiger partial charge in [-0.05, 0) is 18.6 Å². The van der Waals surface area contributed by atoms with Crippen LogP contribution in [0.25, 0.3) is 16.7 Å². The van der Waals surface area contributed by atoms with Gasteiger partial charge in [-0.25, -0.2) is 18.9 Å². The lowest BCUT2D eigenvalue weighted by Gasteiger charge is -2.39. The number of benzene rings is 1. The fourth-order valence-corrected chi connectivity index (χ4v) is 3.41. The van der Waals surface area contributed by atoms with Gasteiger partial charge in [0.1, 0.15) is 23.5 Å². The summed E-state index contributed by atoms with van der Waals surface area (Å²) in [5.74, 6) is 0. The molecular weight excluding hydrogens is 369 g/mol. The second kappa shape index (κ2) is 6.71. The van der Waals surface area contributed by atoms with Crippen molar-refractivity contribution in [2.75, 3.05) is 13.1 Å². The Bertz CT molecular complexity index is 1080. The normalized spacial score (nSPS) is 22.5. The van der Waals surface area contributed by atoms with Gasteiger partial charge in [0.05, 0.1) is 25.0 Å². The van der Waals surface area contributed by atoms with E-state index in [-0.39, 0.29) is 24.9 Å². The molecule has 0 radical (unpaired) electrons. The number of aliphatic hydroxyl groups is 1. The lowest BCUT2D eigenvalue weighted by Crippen LogP contribution is -2.57. The molecule has 2 atom stereocenters. The summed E-state index contributed by atoms with van der Waals surface area (Å²) in [5.41, 5.74) is -1.20. The smallest absolute Gasteiger partial charge is 0.407 e. The second-order valence-electron chi connectivity index (χ2n) is 6.86. The zero-order valence-corrected chi connectivity index (χ0v) is 14.8. The molecular formula is C18H18FN5O4. The third-order valence-electron chi connectivity index (χ3n) is 5.05. The van der Waals surface area contributed by atoms with E-state index >= 15 is 0 Å². The summed E-state index contributed by atoms with van der Waals surface area (Å²) in [6.07, 6.45) is -0.530. The average Bonchev–Trinajstić information content (AvgIpc) is 3.12. The third kappa shape index (κ3) is 3.01. The van der Waals surface area contributed by atoms with Gasteiger partial charge in [-0.2, -0.15) is 5.10 Å². The molecule has 10 heteroatoms. The first-order valence-electron chi connectivity index (χ1n) is 8.72. The van der Waals surface area contributed by atoms with Crippen LogP contribution in [0.15, 0.2) is 47.7 Å². The number of fused-ring (bicyclic) bond motifs is 1. The molecule has 0 aliphatic carbocycles. The Labute approximate surface area is 158 Å². The largest absolute Gasteiger partial charge is 0.465 e. The van der Waals surface area contributed by atoms with Crippen LogP contribution in [0, 0.1) is 0 Å². The Morgan fingerprint density at radius 2 is 2.07 bits per heavy atom. The number of rotatable bonds is 3. The van der Waals surface area contributed by atoms with Crippen LogP contribution in [0.5, 0.6) is 0 Å². The monoisotopic (exact) mass is 387 g/mol. The summed E-state index contributed by atoms with van der Waals surface area (Å²) in [5, 5.41) is 24.1. The van der Waals surface area contributed by atoms with Gasteiger partial charge in [0.2, 0.25) is 0 Å². The molecule has 9 nitrogen and oxygen atoms in total. The van der Waals surface area contributed by atoms with Crippen LogP contribution in [-0.2, 0) is 6.54 Å². The van der Waals surface area contributed by atoms with Gasteiger partial charge in [-0.3, -0.25) is 9.36 Å². The standard InChI is InChI=1S/C18H18FN5O4/c19-14-9-22(17(26)27)7-6-18(14,28)10-23-11-20-15-13(16(23)25)8-21-24(15)12-4-2-1-3-5-12/h1-5,8,11,14,28H,6-7,9-10H2,(H,26,27). The second-order valence-corrected chi connectivity index (χ2v) is 6.86. The number of para-hydroxylation sites is 1. The Hall–Kier alpha value is -3.27. The summed E-state index contributed by atoms with van der Waals surface area (Å²) in [6, 6.07) is 9.19. The molecule has 0 bridgehead atoms. The molecule has 4 rings (SSSR count). The Morgan fingerprint density at radius 1 is 1.32 bits per heavy atom. The number of aromatic nitrogens is 4. The first-order valence-corrected chi connectivity index (χ1v) is 8.72. The molecule has 1 aromatic carbocycles. The number of nitrogens with zero attached hydrogens (tertiary/aromatic N) is 5. The molecule has 1 aliphatic rings. The van der Waals surface area contributed by atoms with E-state index in [0.29, 0.717) is 5.65 Å². The van der Waals surface area contributed by atoms with Gasteiger partial charge in [-0.1, -0.05) is 18.2 Å². The molecule has 3 aromatic rings. The maximum atomic E-state index is 14.5. The number of carbonyl (C=O) groups is 1. The third-order valence-corrected chi connectivity index (χ3v) is 5.05. The summed E-state index contributed by atoms with van der Waals surface area (Å²) < 4.78 is 17.2. The van der Waals surface area contributed by atoms with Crippen molar-refractivity contribution >= 4 is 17.1 Å². The SMILES string of the molecule is O=C(O)N1CCC(O)(Cn2cnc3c(cnn3-c3ccccc3)c2=O)C(F)C1. The van der Waals surface area contributed by atoms with E-state index in [1.54, 1.807) is 0 Å². The lowest BCUT2D eigenvalue weighted by molar-refractivity contribution is -0.0899. The van der Waals surface area contributed by atoms with Crippen LogP contribution in [0.3, 0.4) is 0 Å². The van der Waals surface area contributed by atoms with Crippen LogP contribution in [0.4, 0.5) is 9.18 Å². The van der Waals surface area contributed by atoms with E-state index in [1.165, 1.54) is 17.2 Å². The zero-order chi connectivity index (χ0) is 19.9. The molecule has 2 aromatic heterocycles. The van der Waals surface area contributed by atoms with Crippen LogP contribution in [-0.4, -0.2) is 65.4 Å². The molecule has 0 saturated carbocycles. The Balaban J connectivity index is 1.65. The maximum absolute atomic E-state index is 14.5. The fraction of sp³-hybridized carbons (Fsp3) is 0.333. The molecule has 1 saturated heterocycles. The van der Waals surface area contributed by atoms with Crippen LogP contribution < -0.4 is 5.56 Å². The predicted molar refractivity (Wildman–Crippen MR) is 97.2 cm³/mol. The summed E-state index contributed by atoms with van der Waals surface area (Å²) in [7, 11) is 0. The van der Waals surface area contributed by atoms with Crippen molar-refractivity contribution in [2.45, 2.75) is 24.7 Å². The van der Waals surface area contributed by atoms with Crippen molar-refractivity contribution in [1.29, 1.82) is 0 Å². The van der Waals surface area contributed by atoms with E-state index in [2.05, 4.69) is 10.1 Å². The van der Waals surface area contributed by atoms with E-state index in [4.69, 9.17) is 5.11 Å². The first kappa shape index (κ1) is 18.1. The number of likely N-dealkylation sites (tertiary alicyclic amines) is 1. The lowest BCUT2D eigenvalue weighted by atomic mass is 9.89. The highest BCUT2D eigenvalue weighted by atomic mass is 19.1. The highest BCUT2D eigenvalue weighted by Gasteiger charge is 2.44. The first-order chi connectivity index (χ1) is 13.4. The average molecular weight is 387 g/mol. The van der Waals surface area contributed by atoms with Crippen LogP contribution >= 0.6 is 0 Å². The molecule has 2 unspecified atom stereocenters. The van der Waals surface area contributed by atoms with Crippen molar-refractivity contribution in [3.05, 3.63) is 53.2 Å². The molecule has 1 fully saturated rings. The van der Waals surface area contributed by atoms with Gasteiger partial charge in [0.15, 0.2) is 5.65 Å². The quantitative estimate of drug-likeness (QED) is 0.694. The minimum Gasteiger partial charge on any atom is -0.465 e. The molecule has 3 heterocycles. The van der Waals surface area contributed by atoms with Gasteiger partial charge in [-0.15, -0.1) is 0 Å². The van der Waals surface area contributed by atoms with Gasteiger partial charge < -0.3 is 15.1 Å². The number of hydrogen-bond acceptors (Lipinski definition) is 5. The maximum Gasteiger partial charge on any atom is 0.407 e. The Morgan fingerprint density at radius 3 is 2.75 bits per heavy atom. The predicted octanol–water partition coefficient (Wildman–Crippen LogP) is 1.04. The number of amides is 1. The molecule has 1 amide bonds. The van der Waals surface area contributed by atoms with E-state index in [9.17, 15) is 19.1 Å². The fourth-order valence-electron chi connectivity index (χ4n) is 3.41. The van der Waals surface area contributed by atoms with Gasteiger partial charge in [0.25, 0.3) is 5.56 Å². The van der Waals surface area contributed by atoms with Crippen molar-refractivity contribution in [1.82, 2.24) is 24.2 Å². The van der Waals surface area contributed by atoms with E-state index in [0.717, 1.165) is 15.2 Å². The number of alkyl halides is 1. The summed E-state index contributed by atoms with van der Waals surface area (Å²) >= 11 is 0. The molecule has 1 aliphatic heterocycles. The van der Waals surface area contributed by atoms with Crippen molar-refractivity contribution in [3.8, 4) is 5.69 Å². The van der Waals surface area contributed by atoms with Gasteiger partial charge in [0, 0.05) is 6.54 Å². The highest BCUT2D eigenvalue weighted by Crippen LogP contribution is 2.27. The number of hydrogen-bond donors (Lipinski definition) is 2. The molecule has 0 spiro atoms. The van der Waals surface area contributed by atoms with Crippen LogP contribution in [0.2, 0.25) is 0 Å². The van der Waals surface area contributed by atoms with E-state index < -0.39 is 30.0 Å². The van der Waals surface area contributed by atoms with Gasteiger partial charge >= 0.3 is 6.09 Å². The summed E-state index contributed by atoms with van der Waals surface area (Å²) in [4.78, 5) is 29.0.